The summed E-state index contributed by atoms with van der Waals surface area (Å²) in [7, 11) is 0. The third kappa shape index (κ3) is 3.56. The fourth-order valence-electron chi connectivity index (χ4n) is 1.65. The maximum atomic E-state index is 9.31. The lowest BCUT2D eigenvalue weighted by Gasteiger charge is -2.22. The van der Waals surface area contributed by atoms with Crippen molar-refractivity contribution in [2.75, 3.05) is 17.7 Å². The highest BCUT2D eigenvalue weighted by Gasteiger charge is 2.15. The van der Waals surface area contributed by atoms with Crippen molar-refractivity contribution in [1.82, 2.24) is 9.97 Å². The molecule has 0 saturated heterocycles. The second-order valence-corrected chi connectivity index (χ2v) is 4.51. The van der Waals surface area contributed by atoms with E-state index in [1.165, 1.54) is 6.33 Å². The molecule has 0 radical (unpaired) electrons. The standard InChI is InChI=1S/C12H22N4O/c1-4-5-9-11(13)14-7-15-12(9)16-10(6-17)8(2)3/h7-8,10,17H,4-6H2,1-3H3,(H3,13,14,15,16). The van der Waals surface area contributed by atoms with Gasteiger partial charge in [-0.1, -0.05) is 27.2 Å². The van der Waals surface area contributed by atoms with E-state index in [1.807, 2.05) is 0 Å². The molecule has 1 aromatic rings. The number of aliphatic hydroxyl groups excluding tert-OH is 1. The molecule has 0 amide bonds. The van der Waals surface area contributed by atoms with Crippen LogP contribution in [0.25, 0.3) is 0 Å². The largest absolute Gasteiger partial charge is 0.394 e. The van der Waals surface area contributed by atoms with Gasteiger partial charge < -0.3 is 16.2 Å². The van der Waals surface area contributed by atoms with Crippen LogP contribution in [-0.4, -0.2) is 27.7 Å². The van der Waals surface area contributed by atoms with Gasteiger partial charge in [0.15, 0.2) is 0 Å². The lowest BCUT2D eigenvalue weighted by Crippen LogP contribution is -2.30. The molecule has 0 aromatic carbocycles. The van der Waals surface area contributed by atoms with Crippen LogP contribution < -0.4 is 11.1 Å². The monoisotopic (exact) mass is 238 g/mol. The number of aromatic nitrogens is 2. The van der Waals surface area contributed by atoms with Crippen LogP contribution in [0.4, 0.5) is 11.6 Å². The molecule has 96 valence electrons. The summed E-state index contributed by atoms with van der Waals surface area (Å²) in [5.74, 6) is 1.59. The summed E-state index contributed by atoms with van der Waals surface area (Å²) in [5, 5.41) is 12.6. The Balaban J connectivity index is 2.92. The second kappa shape index (κ2) is 6.39. The summed E-state index contributed by atoms with van der Waals surface area (Å²) >= 11 is 0. The summed E-state index contributed by atoms with van der Waals surface area (Å²) in [6, 6.07) is -0.0140. The molecule has 0 spiro atoms. The molecule has 1 heterocycles. The Morgan fingerprint density at radius 1 is 1.41 bits per heavy atom. The van der Waals surface area contributed by atoms with E-state index in [-0.39, 0.29) is 12.6 Å². The predicted octanol–water partition coefficient (Wildman–Crippen LogP) is 1.44. The van der Waals surface area contributed by atoms with Crippen LogP contribution in [0, 0.1) is 5.92 Å². The third-order valence-electron chi connectivity index (χ3n) is 2.80. The maximum absolute atomic E-state index is 9.31. The number of nitrogen functional groups attached to an aromatic ring is 1. The highest BCUT2D eigenvalue weighted by molar-refractivity contribution is 5.55. The van der Waals surface area contributed by atoms with E-state index in [0.29, 0.717) is 11.7 Å². The molecule has 0 aliphatic carbocycles. The number of anilines is 2. The van der Waals surface area contributed by atoms with Crippen molar-refractivity contribution >= 4 is 11.6 Å². The van der Waals surface area contributed by atoms with E-state index in [0.717, 1.165) is 24.2 Å². The SMILES string of the molecule is CCCc1c(N)ncnc1NC(CO)C(C)C. The van der Waals surface area contributed by atoms with Gasteiger partial charge in [0.25, 0.3) is 0 Å². The van der Waals surface area contributed by atoms with E-state index < -0.39 is 0 Å². The van der Waals surface area contributed by atoms with Crippen LogP contribution in [0.3, 0.4) is 0 Å². The van der Waals surface area contributed by atoms with E-state index in [2.05, 4.69) is 36.1 Å². The molecule has 1 atom stereocenters. The van der Waals surface area contributed by atoms with E-state index in [1.54, 1.807) is 0 Å². The normalized spacial score (nSPS) is 12.8. The summed E-state index contributed by atoms with van der Waals surface area (Å²) in [6.07, 6.45) is 3.27. The van der Waals surface area contributed by atoms with Crippen LogP contribution in [-0.2, 0) is 6.42 Å². The van der Waals surface area contributed by atoms with Crippen molar-refractivity contribution in [3.63, 3.8) is 0 Å². The van der Waals surface area contributed by atoms with Crippen molar-refractivity contribution in [1.29, 1.82) is 0 Å². The average molecular weight is 238 g/mol. The number of aliphatic hydroxyl groups is 1. The van der Waals surface area contributed by atoms with Crippen molar-refractivity contribution < 1.29 is 5.11 Å². The minimum absolute atomic E-state index is 0.0140. The van der Waals surface area contributed by atoms with Crippen LogP contribution >= 0.6 is 0 Å². The Morgan fingerprint density at radius 3 is 2.65 bits per heavy atom. The number of nitrogens with two attached hydrogens (primary N) is 1. The summed E-state index contributed by atoms with van der Waals surface area (Å²) in [4.78, 5) is 8.22. The van der Waals surface area contributed by atoms with Gasteiger partial charge in [0, 0.05) is 5.56 Å². The quantitative estimate of drug-likeness (QED) is 0.698. The molecule has 0 aliphatic rings. The second-order valence-electron chi connectivity index (χ2n) is 4.51. The minimum atomic E-state index is -0.0140. The molecule has 1 aromatic heterocycles. The Bertz CT molecular complexity index is 354. The van der Waals surface area contributed by atoms with Gasteiger partial charge in [-0.15, -0.1) is 0 Å². The molecule has 1 rings (SSSR count). The number of rotatable bonds is 6. The zero-order valence-corrected chi connectivity index (χ0v) is 10.8. The first-order chi connectivity index (χ1) is 8.10. The summed E-state index contributed by atoms with van der Waals surface area (Å²) in [6.45, 7) is 6.27. The molecule has 0 aliphatic heterocycles. The number of hydrogen-bond donors (Lipinski definition) is 3. The van der Waals surface area contributed by atoms with E-state index >= 15 is 0 Å². The van der Waals surface area contributed by atoms with Gasteiger partial charge in [-0.3, -0.25) is 0 Å². The molecule has 0 bridgehead atoms. The van der Waals surface area contributed by atoms with E-state index in [9.17, 15) is 5.11 Å². The highest BCUT2D eigenvalue weighted by Crippen LogP contribution is 2.21. The predicted molar refractivity (Wildman–Crippen MR) is 69.8 cm³/mol. The fourth-order valence-corrected chi connectivity index (χ4v) is 1.65. The third-order valence-corrected chi connectivity index (χ3v) is 2.80. The highest BCUT2D eigenvalue weighted by atomic mass is 16.3. The topological polar surface area (TPSA) is 84.1 Å². The van der Waals surface area contributed by atoms with Crippen molar-refractivity contribution in [2.45, 2.75) is 39.7 Å². The Morgan fingerprint density at radius 2 is 2.12 bits per heavy atom. The minimum Gasteiger partial charge on any atom is -0.394 e. The van der Waals surface area contributed by atoms with Gasteiger partial charge in [0.1, 0.15) is 18.0 Å². The molecule has 0 fully saturated rings. The van der Waals surface area contributed by atoms with Gasteiger partial charge >= 0.3 is 0 Å². The Kier molecular flexibility index (Phi) is 5.15. The first-order valence-corrected chi connectivity index (χ1v) is 6.06. The van der Waals surface area contributed by atoms with Gasteiger partial charge in [-0.2, -0.15) is 0 Å². The van der Waals surface area contributed by atoms with E-state index in [4.69, 9.17) is 5.73 Å². The lowest BCUT2D eigenvalue weighted by molar-refractivity contribution is 0.249. The van der Waals surface area contributed by atoms with Crippen molar-refractivity contribution in [2.24, 2.45) is 5.92 Å². The first-order valence-electron chi connectivity index (χ1n) is 6.06. The van der Waals surface area contributed by atoms with Crippen LogP contribution in [0.1, 0.15) is 32.8 Å². The van der Waals surface area contributed by atoms with Crippen LogP contribution in [0.2, 0.25) is 0 Å². The van der Waals surface area contributed by atoms with Crippen LogP contribution in [0.15, 0.2) is 6.33 Å². The van der Waals surface area contributed by atoms with Crippen LogP contribution in [0.5, 0.6) is 0 Å². The average Bonchev–Trinajstić information content (AvgIpc) is 2.29. The van der Waals surface area contributed by atoms with Gasteiger partial charge in [0.05, 0.1) is 12.6 Å². The zero-order valence-electron chi connectivity index (χ0n) is 10.8. The fraction of sp³-hybridized carbons (Fsp3) is 0.667. The molecular formula is C12H22N4O. The van der Waals surface area contributed by atoms with Crippen molar-refractivity contribution in [3.8, 4) is 0 Å². The summed E-state index contributed by atoms with van der Waals surface area (Å²) < 4.78 is 0. The molecule has 0 saturated carbocycles. The van der Waals surface area contributed by atoms with Gasteiger partial charge in [0.2, 0.25) is 0 Å². The molecule has 1 unspecified atom stereocenters. The maximum Gasteiger partial charge on any atom is 0.135 e. The zero-order chi connectivity index (χ0) is 12.8. The van der Waals surface area contributed by atoms with Crippen molar-refractivity contribution in [3.05, 3.63) is 11.9 Å². The Labute approximate surface area is 102 Å². The Hall–Kier alpha value is -1.36. The molecule has 4 N–H and O–H groups in total. The summed E-state index contributed by atoms with van der Waals surface area (Å²) in [5.41, 5.74) is 6.79. The first kappa shape index (κ1) is 13.7. The molecule has 17 heavy (non-hydrogen) atoms. The molecule has 5 nitrogen and oxygen atoms in total. The van der Waals surface area contributed by atoms with Gasteiger partial charge in [-0.05, 0) is 12.3 Å². The number of nitrogens with one attached hydrogen (secondary N) is 1. The smallest absolute Gasteiger partial charge is 0.135 e. The van der Waals surface area contributed by atoms with Gasteiger partial charge in [-0.25, -0.2) is 9.97 Å². The molecular weight excluding hydrogens is 216 g/mol. The number of nitrogens with zero attached hydrogens (tertiary/aromatic N) is 2. The number of hydrogen-bond acceptors (Lipinski definition) is 5. The lowest BCUT2D eigenvalue weighted by atomic mass is 10.0. The molecule has 5 heteroatoms.